The third-order valence-corrected chi connectivity index (χ3v) is 2.29. The van der Waals surface area contributed by atoms with E-state index < -0.39 is 0 Å². The van der Waals surface area contributed by atoms with E-state index in [-0.39, 0.29) is 0 Å². The summed E-state index contributed by atoms with van der Waals surface area (Å²) in [5.74, 6) is 1.91. The van der Waals surface area contributed by atoms with E-state index in [1.807, 2.05) is 11.9 Å². The smallest absolute Gasteiger partial charge is 0.191 e. The van der Waals surface area contributed by atoms with Crippen LogP contribution in [0.3, 0.4) is 0 Å². The van der Waals surface area contributed by atoms with Gasteiger partial charge in [0.15, 0.2) is 5.96 Å². The van der Waals surface area contributed by atoms with Gasteiger partial charge < -0.3 is 10.6 Å². The number of nitrogens with zero attached hydrogens (tertiary/aromatic N) is 2. The molecule has 0 saturated carbocycles. The maximum Gasteiger partial charge on any atom is 0.191 e. The summed E-state index contributed by atoms with van der Waals surface area (Å²) in [6, 6.07) is 0. The molecule has 3 nitrogen and oxygen atoms in total. The lowest BCUT2D eigenvalue weighted by atomic mass is 10.1. The Morgan fingerprint density at radius 1 is 1.36 bits per heavy atom. The van der Waals surface area contributed by atoms with Crippen LogP contribution in [-0.2, 0) is 0 Å². The van der Waals surface area contributed by atoms with Crippen LogP contribution < -0.4 is 5.73 Å². The second-order valence-corrected chi connectivity index (χ2v) is 4.49. The summed E-state index contributed by atoms with van der Waals surface area (Å²) in [6.07, 6.45) is 1.18. The first kappa shape index (κ1) is 13.3. The summed E-state index contributed by atoms with van der Waals surface area (Å²) in [5, 5.41) is 0. The lowest BCUT2D eigenvalue weighted by Crippen LogP contribution is -2.37. The van der Waals surface area contributed by atoms with Gasteiger partial charge in [0.2, 0.25) is 0 Å². The molecule has 2 N–H and O–H groups in total. The molecule has 0 bridgehead atoms. The van der Waals surface area contributed by atoms with Crippen molar-refractivity contribution in [2.24, 2.45) is 22.6 Å². The van der Waals surface area contributed by atoms with Gasteiger partial charge in [-0.15, -0.1) is 0 Å². The van der Waals surface area contributed by atoms with Gasteiger partial charge in [-0.3, -0.25) is 4.99 Å². The first-order valence-corrected chi connectivity index (χ1v) is 5.48. The lowest BCUT2D eigenvalue weighted by Gasteiger charge is -2.21. The monoisotopic (exact) mass is 199 g/mol. The molecule has 0 aromatic carbocycles. The predicted molar refractivity (Wildman–Crippen MR) is 63.4 cm³/mol. The quantitative estimate of drug-likeness (QED) is 0.543. The minimum absolute atomic E-state index is 0.575. The number of nitrogens with two attached hydrogens (primary N) is 1. The SMILES string of the molecule is CCC(C)CN(C)C(N)=NCC(C)C. The molecular weight excluding hydrogens is 174 g/mol. The Labute approximate surface area is 88.4 Å². The lowest BCUT2D eigenvalue weighted by molar-refractivity contribution is 0.391. The molecule has 0 aromatic heterocycles. The molecular formula is C11H25N3. The molecule has 1 atom stereocenters. The molecule has 0 saturated heterocycles. The van der Waals surface area contributed by atoms with Crippen LogP contribution in [0.15, 0.2) is 4.99 Å². The largest absolute Gasteiger partial charge is 0.370 e. The highest BCUT2D eigenvalue weighted by Crippen LogP contribution is 2.02. The first-order chi connectivity index (χ1) is 6.47. The Balaban J connectivity index is 3.97. The van der Waals surface area contributed by atoms with E-state index in [2.05, 4.69) is 32.7 Å². The number of guanidine groups is 1. The third kappa shape index (κ3) is 5.84. The minimum atomic E-state index is 0.575. The van der Waals surface area contributed by atoms with Crippen LogP contribution in [0.5, 0.6) is 0 Å². The highest BCUT2D eigenvalue weighted by Gasteiger charge is 2.06. The number of rotatable bonds is 5. The van der Waals surface area contributed by atoms with Crippen LogP contribution in [-0.4, -0.2) is 31.0 Å². The van der Waals surface area contributed by atoms with Crippen molar-refractivity contribution in [1.29, 1.82) is 0 Å². The van der Waals surface area contributed by atoms with Crippen LogP contribution in [0.4, 0.5) is 0 Å². The molecule has 0 aliphatic heterocycles. The van der Waals surface area contributed by atoms with Gasteiger partial charge >= 0.3 is 0 Å². The average molecular weight is 199 g/mol. The maximum absolute atomic E-state index is 5.84. The second kappa shape index (κ2) is 6.68. The normalized spacial score (nSPS) is 14.6. The summed E-state index contributed by atoms with van der Waals surface area (Å²) in [7, 11) is 2.01. The van der Waals surface area contributed by atoms with Crippen molar-refractivity contribution >= 4 is 5.96 Å². The van der Waals surface area contributed by atoms with Gasteiger partial charge in [-0.05, 0) is 11.8 Å². The molecule has 0 spiro atoms. The molecule has 14 heavy (non-hydrogen) atoms. The van der Waals surface area contributed by atoms with Gasteiger partial charge in [-0.25, -0.2) is 0 Å². The molecule has 84 valence electrons. The summed E-state index contributed by atoms with van der Waals surface area (Å²) in [5.41, 5.74) is 5.84. The molecule has 0 aliphatic carbocycles. The molecule has 0 fully saturated rings. The van der Waals surface area contributed by atoms with E-state index >= 15 is 0 Å². The molecule has 0 aliphatic rings. The van der Waals surface area contributed by atoms with Gasteiger partial charge in [0.1, 0.15) is 0 Å². The zero-order valence-electron chi connectivity index (χ0n) is 10.2. The summed E-state index contributed by atoms with van der Waals surface area (Å²) >= 11 is 0. The molecule has 0 rings (SSSR count). The Morgan fingerprint density at radius 3 is 2.36 bits per heavy atom. The van der Waals surface area contributed by atoms with E-state index in [0.29, 0.717) is 17.8 Å². The van der Waals surface area contributed by atoms with Crippen LogP contribution in [0.25, 0.3) is 0 Å². The average Bonchev–Trinajstić information content (AvgIpc) is 2.13. The van der Waals surface area contributed by atoms with E-state index in [4.69, 9.17) is 5.73 Å². The van der Waals surface area contributed by atoms with Crippen molar-refractivity contribution in [3.63, 3.8) is 0 Å². The topological polar surface area (TPSA) is 41.6 Å². The van der Waals surface area contributed by atoms with E-state index in [1.165, 1.54) is 6.42 Å². The van der Waals surface area contributed by atoms with Gasteiger partial charge in [-0.1, -0.05) is 34.1 Å². The highest BCUT2D eigenvalue weighted by molar-refractivity contribution is 5.77. The van der Waals surface area contributed by atoms with Gasteiger partial charge in [0.25, 0.3) is 0 Å². The molecule has 3 heteroatoms. The van der Waals surface area contributed by atoms with Crippen molar-refractivity contribution in [2.45, 2.75) is 34.1 Å². The summed E-state index contributed by atoms with van der Waals surface area (Å²) in [6.45, 7) is 10.5. The maximum atomic E-state index is 5.84. The Hall–Kier alpha value is -0.730. The summed E-state index contributed by atoms with van der Waals surface area (Å²) in [4.78, 5) is 6.37. The molecule has 0 amide bonds. The fourth-order valence-electron chi connectivity index (χ4n) is 1.09. The fraction of sp³-hybridized carbons (Fsp3) is 0.909. The van der Waals surface area contributed by atoms with Crippen molar-refractivity contribution in [3.05, 3.63) is 0 Å². The van der Waals surface area contributed by atoms with E-state index in [9.17, 15) is 0 Å². The molecule has 0 radical (unpaired) electrons. The summed E-state index contributed by atoms with van der Waals surface area (Å²) < 4.78 is 0. The number of aliphatic imine (C=N–C) groups is 1. The third-order valence-electron chi connectivity index (χ3n) is 2.29. The van der Waals surface area contributed by atoms with Crippen LogP contribution in [0, 0.1) is 11.8 Å². The van der Waals surface area contributed by atoms with Crippen LogP contribution in [0.2, 0.25) is 0 Å². The molecule has 0 heterocycles. The first-order valence-electron chi connectivity index (χ1n) is 5.48. The van der Waals surface area contributed by atoms with Crippen molar-refractivity contribution in [1.82, 2.24) is 4.90 Å². The van der Waals surface area contributed by atoms with Gasteiger partial charge in [0.05, 0.1) is 0 Å². The zero-order valence-corrected chi connectivity index (χ0v) is 10.2. The van der Waals surface area contributed by atoms with Crippen molar-refractivity contribution in [2.75, 3.05) is 20.1 Å². The molecule has 1 unspecified atom stereocenters. The minimum Gasteiger partial charge on any atom is -0.370 e. The fourth-order valence-corrected chi connectivity index (χ4v) is 1.09. The zero-order chi connectivity index (χ0) is 11.1. The standard InChI is InChI=1S/C11H25N3/c1-6-10(4)8-14(5)11(12)13-7-9(2)3/h9-10H,6-8H2,1-5H3,(H2,12,13). The van der Waals surface area contributed by atoms with Crippen molar-refractivity contribution < 1.29 is 0 Å². The van der Waals surface area contributed by atoms with Crippen molar-refractivity contribution in [3.8, 4) is 0 Å². The van der Waals surface area contributed by atoms with E-state index in [1.54, 1.807) is 0 Å². The van der Waals surface area contributed by atoms with Gasteiger partial charge in [-0.2, -0.15) is 0 Å². The Morgan fingerprint density at radius 2 is 1.93 bits per heavy atom. The van der Waals surface area contributed by atoms with E-state index in [0.717, 1.165) is 13.1 Å². The number of hydrogen-bond acceptors (Lipinski definition) is 1. The molecule has 0 aromatic rings. The highest BCUT2D eigenvalue weighted by atomic mass is 15.2. The second-order valence-electron chi connectivity index (χ2n) is 4.49. The van der Waals surface area contributed by atoms with Crippen LogP contribution in [0.1, 0.15) is 34.1 Å². The van der Waals surface area contributed by atoms with Gasteiger partial charge in [0, 0.05) is 20.1 Å². The Kier molecular flexibility index (Phi) is 6.34. The number of hydrogen-bond donors (Lipinski definition) is 1. The predicted octanol–water partition coefficient (Wildman–Crippen LogP) is 1.93. The van der Waals surface area contributed by atoms with Crippen LogP contribution >= 0.6 is 0 Å². The Bertz CT molecular complexity index is 175.